The van der Waals surface area contributed by atoms with Gasteiger partial charge in [-0.3, -0.25) is 14.6 Å². The number of aromatic nitrogens is 1. The van der Waals surface area contributed by atoms with E-state index in [0.29, 0.717) is 17.7 Å². The number of ketones is 2. The lowest BCUT2D eigenvalue weighted by Crippen LogP contribution is -2.09. The van der Waals surface area contributed by atoms with Gasteiger partial charge in [0.1, 0.15) is 5.75 Å². The van der Waals surface area contributed by atoms with E-state index in [-0.39, 0.29) is 24.4 Å². The monoisotopic (exact) mass is 313 g/mol. The predicted molar refractivity (Wildman–Crippen MR) is 84.8 cm³/mol. The van der Waals surface area contributed by atoms with E-state index < -0.39 is 0 Å². The van der Waals surface area contributed by atoms with Gasteiger partial charge in [0.2, 0.25) is 0 Å². The number of carbonyl (C=O) groups excluding carboxylic acids is 2. The van der Waals surface area contributed by atoms with E-state index >= 15 is 0 Å². The van der Waals surface area contributed by atoms with E-state index in [0.717, 1.165) is 16.4 Å². The van der Waals surface area contributed by atoms with E-state index in [1.54, 1.807) is 36.2 Å². The number of pyridine rings is 1. The minimum atomic E-state index is -0.0582. The van der Waals surface area contributed by atoms with Crippen LogP contribution in [0.15, 0.2) is 47.6 Å². The number of carbonyl (C=O) groups is 2. The van der Waals surface area contributed by atoms with Crippen LogP contribution in [0.5, 0.6) is 5.75 Å². The molecule has 5 heteroatoms. The molecule has 3 rings (SSSR count). The standard InChI is InChI=1S/C17H15NO3S/c19-14(4-5-15(20)13-2-1-7-18-11-13)12-3-6-16-17(10-12)22-9-8-21-16/h1-3,6-7,10-11H,4-5,8-9H2. The molecule has 0 N–H and O–H groups in total. The van der Waals surface area contributed by atoms with Gasteiger partial charge in [0.05, 0.1) is 11.5 Å². The summed E-state index contributed by atoms with van der Waals surface area (Å²) in [6, 6.07) is 8.89. The van der Waals surface area contributed by atoms with Crippen molar-refractivity contribution < 1.29 is 14.3 Å². The van der Waals surface area contributed by atoms with E-state index in [4.69, 9.17) is 4.74 Å². The second kappa shape index (κ2) is 6.75. The summed E-state index contributed by atoms with van der Waals surface area (Å²) in [5.74, 6) is 1.65. The lowest BCUT2D eigenvalue weighted by molar-refractivity contribution is 0.0917. The van der Waals surface area contributed by atoms with Crippen molar-refractivity contribution in [3.8, 4) is 5.75 Å². The van der Waals surface area contributed by atoms with Crippen LogP contribution in [-0.4, -0.2) is 28.9 Å². The van der Waals surface area contributed by atoms with Crippen molar-refractivity contribution in [3.63, 3.8) is 0 Å². The fraction of sp³-hybridized carbons (Fsp3) is 0.235. The van der Waals surface area contributed by atoms with Gasteiger partial charge in [0.25, 0.3) is 0 Å². The molecule has 0 spiro atoms. The van der Waals surface area contributed by atoms with Gasteiger partial charge in [0.15, 0.2) is 11.6 Å². The number of benzene rings is 1. The van der Waals surface area contributed by atoms with Crippen molar-refractivity contribution in [1.29, 1.82) is 0 Å². The molecule has 1 aromatic carbocycles. The maximum Gasteiger partial charge on any atom is 0.164 e. The second-order valence-electron chi connectivity index (χ2n) is 4.95. The molecule has 0 amide bonds. The number of hydrogen-bond donors (Lipinski definition) is 0. The van der Waals surface area contributed by atoms with Gasteiger partial charge >= 0.3 is 0 Å². The lowest BCUT2D eigenvalue weighted by atomic mass is 10.0. The van der Waals surface area contributed by atoms with Crippen molar-refractivity contribution in [2.45, 2.75) is 17.7 Å². The van der Waals surface area contributed by atoms with Crippen molar-refractivity contribution >= 4 is 23.3 Å². The van der Waals surface area contributed by atoms with Crippen LogP contribution in [0.4, 0.5) is 0 Å². The zero-order valence-corrected chi connectivity index (χ0v) is 12.8. The molecule has 0 aliphatic carbocycles. The largest absolute Gasteiger partial charge is 0.492 e. The Balaban J connectivity index is 1.64. The first-order valence-electron chi connectivity index (χ1n) is 7.10. The molecule has 0 atom stereocenters. The average Bonchev–Trinajstić information content (AvgIpc) is 2.59. The summed E-state index contributed by atoms with van der Waals surface area (Å²) in [4.78, 5) is 29.2. The Hall–Kier alpha value is -2.14. The van der Waals surface area contributed by atoms with E-state index in [9.17, 15) is 9.59 Å². The van der Waals surface area contributed by atoms with Gasteiger partial charge in [-0.25, -0.2) is 0 Å². The number of hydrogen-bond acceptors (Lipinski definition) is 5. The van der Waals surface area contributed by atoms with Gasteiger partial charge in [-0.05, 0) is 30.3 Å². The number of thioether (sulfide) groups is 1. The van der Waals surface area contributed by atoms with Crippen LogP contribution < -0.4 is 4.74 Å². The maximum atomic E-state index is 12.2. The average molecular weight is 313 g/mol. The number of ether oxygens (including phenoxy) is 1. The summed E-state index contributed by atoms with van der Waals surface area (Å²) < 4.78 is 5.52. The third-order valence-corrected chi connectivity index (χ3v) is 4.43. The summed E-state index contributed by atoms with van der Waals surface area (Å²) >= 11 is 1.69. The Kier molecular flexibility index (Phi) is 4.53. The molecule has 2 aromatic rings. The first-order valence-corrected chi connectivity index (χ1v) is 8.09. The molecule has 0 saturated carbocycles. The molecule has 112 valence electrons. The summed E-state index contributed by atoms with van der Waals surface area (Å²) in [7, 11) is 0. The molecule has 0 radical (unpaired) electrons. The molecule has 0 saturated heterocycles. The highest BCUT2D eigenvalue weighted by Gasteiger charge is 2.15. The third kappa shape index (κ3) is 3.36. The minimum Gasteiger partial charge on any atom is -0.492 e. The van der Waals surface area contributed by atoms with Crippen LogP contribution in [0, 0.1) is 0 Å². The lowest BCUT2D eigenvalue weighted by Gasteiger charge is -2.17. The van der Waals surface area contributed by atoms with Crippen molar-refractivity contribution in [3.05, 3.63) is 53.9 Å². The van der Waals surface area contributed by atoms with Crippen molar-refractivity contribution in [2.75, 3.05) is 12.4 Å². The topological polar surface area (TPSA) is 56.3 Å². The number of fused-ring (bicyclic) bond motifs is 1. The van der Waals surface area contributed by atoms with Crippen molar-refractivity contribution in [1.82, 2.24) is 4.98 Å². The van der Waals surface area contributed by atoms with Crippen LogP contribution in [0.25, 0.3) is 0 Å². The van der Waals surface area contributed by atoms with Gasteiger partial charge in [-0.15, -0.1) is 11.8 Å². The Bertz CT molecular complexity index is 700. The quantitative estimate of drug-likeness (QED) is 0.792. The molecule has 22 heavy (non-hydrogen) atoms. The maximum absolute atomic E-state index is 12.2. The predicted octanol–water partition coefficient (Wildman–Crippen LogP) is 3.41. The van der Waals surface area contributed by atoms with E-state index in [1.165, 1.54) is 6.20 Å². The smallest absolute Gasteiger partial charge is 0.164 e. The highest BCUT2D eigenvalue weighted by molar-refractivity contribution is 7.99. The van der Waals surface area contributed by atoms with E-state index in [2.05, 4.69) is 4.98 Å². The summed E-state index contributed by atoms with van der Waals surface area (Å²) in [5, 5.41) is 0. The van der Waals surface area contributed by atoms with Gasteiger partial charge in [-0.2, -0.15) is 0 Å². The first kappa shape index (κ1) is 14.8. The Morgan fingerprint density at radius 2 is 1.95 bits per heavy atom. The molecule has 0 bridgehead atoms. The normalized spacial score (nSPS) is 13.1. The zero-order chi connectivity index (χ0) is 15.4. The molecule has 1 aliphatic heterocycles. The third-order valence-electron chi connectivity index (χ3n) is 3.43. The molecule has 1 aliphatic rings. The first-order chi connectivity index (χ1) is 10.7. The summed E-state index contributed by atoms with van der Waals surface area (Å²) in [5.41, 5.74) is 1.18. The number of rotatable bonds is 5. The van der Waals surface area contributed by atoms with Crippen LogP contribution in [0.1, 0.15) is 33.6 Å². The van der Waals surface area contributed by atoms with Crippen LogP contribution in [0.3, 0.4) is 0 Å². The van der Waals surface area contributed by atoms with Gasteiger partial charge in [0, 0.05) is 42.1 Å². The molecule has 4 nitrogen and oxygen atoms in total. The zero-order valence-electron chi connectivity index (χ0n) is 12.0. The number of Topliss-reactive ketones (excluding diaryl/α,β-unsaturated/α-hetero) is 2. The van der Waals surface area contributed by atoms with Gasteiger partial charge < -0.3 is 4.74 Å². The molecular formula is C17H15NO3S. The van der Waals surface area contributed by atoms with E-state index in [1.807, 2.05) is 12.1 Å². The Labute approximate surface area is 132 Å². The minimum absolute atomic E-state index is 0.0220. The SMILES string of the molecule is O=C(CCC(=O)c1ccc2c(c1)SCCO2)c1cccnc1. The highest BCUT2D eigenvalue weighted by Crippen LogP contribution is 2.34. The molecule has 0 fully saturated rings. The fourth-order valence-corrected chi connectivity index (χ4v) is 3.13. The molecule has 0 unspecified atom stereocenters. The van der Waals surface area contributed by atoms with Crippen LogP contribution >= 0.6 is 11.8 Å². The second-order valence-corrected chi connectivity index (χ2v) is 6.08. The van der Waals surface area contributed by atoms with Crippen molar-refractivity contribution in [2.24, 2.45) is 0 Å². The number of nitrogens with zero attached hydrogens (tertiary/aromatic N) is 1. The fourth-order valence-electron chi connectivity index (χ4n) is 2.26. The Morgan fingerprint density at radius 3 is 2.73 bits per heavy atom. The summed E-state index contributed by atoms with van der Waals surface area (Å²) in [6.07, 6.45) is 3.55. The molecule has 2 heterocycles. The highest BCUT2D eigenvalue weighted by atomic mass is 32.2. The summed E-state index contributed by atoms with van der Waals surface area (Å²) in [6.45, 7) is 0.699. The molecular weight excluding hydrogens is 298 g/mol. The van der Waals surface area contributed by atoms with Gasteiger partial charge in [-0.1, -0.05) is 0 Å². The van der Waals surface area contributed by atoms with Crippen LogP contribution in [0.2, 0.25) is 0 Å². The van der Waals surface area contributed by atoms with Crippen LogP contribution in [-0.2, 0) is 0 Å². The molecule has 1 aromatic heterocycles. The Morgan fingerprint density at radius 1 is 1.14 bits per heavy atom.